The molecule has 0 fully saturated rings. The van der Waals surface area contributed by atoms with E-state index in [1.54, 1.807) is 31.2 Å². The van der Waals surface area contributed by atoms with Crippen LogP contribution in [-0.2, 0) is 14.3 Å². The normalized spacial score (nSPS) is 15.0. The first-order chi connectivity index (χ1) is 16.2. The van der Waals surface area contributed by atoms with E-state index in [1.165, 1.54) is 30.2 Å². The van der Waals surface area contributed by atoms with Crippen LogP contribution in [-0.4, -0.2) is 23.6 Å². The zero-order chi connectivity index (χ0) is 24.7. The molecule has 34 heavy (non-hydrogen) atoms. The summed E-state index contributed by atoms with van der Waals surface area (Å²) >= 11 is 12.7. The molecule has 0 saturated carbocycles. The number of nitrogens with zero attached hydrogens (tertiary/aromatic N) is 2. The van der Waals surface area contributed by atoms with Crippen molar-refractivity contribution in [1.29, 1.82) is 0 Å². The number of hydrogen-bond acceptors (Lipinski definition) is 3. The summed E-state index contributed by atoms with van der Waals surface area (Å²) in [5.41, 5.74) is 3.58. The number of carbonyl (C=O) groups excluding carboxylic acids is 2. The van der Waals surface area contributed by atoms with Gasteiger partial charge in [-0.1, -0.05) is 41.4 Å². The fourth-order valence-electron chi connectivity index (χ4n) is 4.23. The molecule has 0 saturated heterocycles. The van der Waals surface area contributed by atoms with Crippen molar-refractivity contribution in [2.24, 2.45) is 0 Å². The molecule has 0 bridgehead atoms. The highest BCUT2D eigenvalue weighted by molar-refractivity contribution is 6.43. The molecule has 1 aliphatic rings. The second-order valence-electron chi connectivity index (χ2n) is 7.84. The summed E-state index contributed by atoms with van der Waals surface area (Å²) < 4.78 is 21.4. The van der Waals surface area contributed by atoms with Crippen LogP contribution in [0.1, 0.15) is 23.9 Å². The SMILES string of the molecule is COC(=O)C1=C(C)N(c2ccccc2F)C(=O)/C1=C\c1cc(C)n(-c2cccc(Cl)c2Cl)c1C. The molecule has 5 nitrogen and oxygen atoms in total. The summed E-state index contributed by atoms with van der Waals surface area (Å²) in [5, 5.41) is 0.823. The number of anilines is 1. The van der Waals surface area contributed by atoms with Crippen LogP contribution in [0.15, 0.2) is 65.4 Å². The lowest BCUT2D eigenvalue weighted by molar-refractivity contribution is -0.136. The fraction of sp³-hybridized carbons (Fsp3) is 0.154. The summed E-state index contributed by atoms with van der Waals surface area (Å²) in [6, 6.07) is 13.1. The van der Waals surface area contributed by atoms with E-state index in [1.807, 2.05) is 30.5 Å². The lowest BCUT2D eigenvalue weighted by Crippen LogP contribution is -2.25. The Hall–Kier alpha value is -3.35. The molecule has 0 spiro atoms. The predicted molar refractivity (Wildman–Crippen MR) is 132 cm³/mol. The molecular weight excluding hydrogens is 478 g/mol. The molecule has 1 aliphatic heterocycles. The topological polar surface area (TPSA) is 51.5 Å². The summed E-state index contributed by atoms with van der Waals surface area (Å²) in [6.07, 6.45) is 1.62. The van der Waals surface area contributed by atoms with Gasteiger partial charge < -0.3 is 9.30 Å². The van der Waals surface area contributed by atoms with E-state index in [0.29, 0.717) is 27.0 Å². The Labute approximate surface area is 206 Å². The maximum Gasteiger partial charge on any atom is 0.340 e. The quantitative estimate of drug-likeness (QED) is 0.308. The first-order valence-electron chi connectivity index (χ1n) is 10.4. The molecule has 0 N–H and O–H groups in total. The molecule has 3 aromatic rings. The molecule has 0 unspecified atom stereocenters. The van der Waals surface area contributed by atoms with Crippen molar-refractivity contribution in [3.8, 4) is 5.69 Å². The van der Waals surface area contributed by atoms with Crippen molar-refractivity contribution in [3.63, 3.8) is 0 Å². The van der Waals surface area contributed by atoms with Crippen LogP contribution in [0, 0.1) is 19.7 Å². The standard InChI is InChI=1S/C26H21Cl2FN2O3/c1-14-12-17(15(2)30(14)22-11-7-8-19(27)24(22)28)13-18-23(26(33)34-4)16(3)31(25(18)32)21-10-6-5-9-20(21)29/h5-13H,1-4H3/b18-13-. The Morgan fingerprint density at radius 2 is 1.71 bits per heavy atom. The maximum atomic E-state index is 14.6. The summed E-state index contributed by atoms with van der Waals surface area (Å²) in [6.45, 7) is 5.36. The smallest absolute Gasteiger partial charge is 0.340 e. The number of halogens is 3. The van der Waals surface area contributed by atoms with Crippen LogP contribution in [0.25, 0.3) is 11.8 Å². The molecule has 0 aliphatic carbocycles. The molecular formula is C26H21Cl2FN2O3. The van der Waals surface area contributed by atoms with Crippen molar-refractivity contribution in [3.05, 3.63) is 98.2 Å². The average Bonchev–Trinajstić information content (AvgIpc) is 3.22. The molecule has 2 heterocycles. The molecule has 1 aromatic heterocycles. The third kappa shape index (κ3) is 3.83. The first-order valence-corrected chi connectivity index (χ1v) is 11.2. The lowest BCUT2D eigenvalue weighted by Gasteiger charge is -2.18. The number of amides is 1. The molecule has 174 valence electrons. The van der Waals surface area contributed by atoms with Crippen molar-refractivity contribution in [1.82, 2.24) is 4.57 Å². The Morgan fingerprint density at radius 3 is 2.38 bits per heavy atom. The van der Waals surface area contributed by atoms with Gasteiger partial charge in [0, 0.05) is 17.1 Å². The first kappa shape index (κ1) is 23.8. The average molecular weight is 499 g/mol. The number of aryl methyl sites for hydroxylation is 1. The number of rotatable bonds is 4. The summed E-state index contributed by atoms with van der Waals surface area (Å²) in [5.74, 6) is -1.77. The van der Waals surface area contributed by atoms with Gasteiger partial charge in [-0.25, -0.2) is 9.18 Å². The minimum atomic E-state index is -0.678. The van der Waals surface area contributed by atoms with E-state index in [2.05, 4.69) is 0 Å². The van der Waals surface area contributed by atoms with Crippen LogP contribution in [0.3, 0.4) is 0 Å². The van der Waals surface area contributed by atoms with Crippen LogP contribution in [0.2, 0.25) is 10.0 Å². The van der Waals surface area contributed by atoms with Crippen molar-refractivity contribution in [2.75, 3.05) is 12.0 Å². The Bertz CT molecular complexity index is 1410. The number of methoxy groups -OCH3 is 1. The van der Waals surface area contributed by atoms with E-state index in [-0.39, 0.29) is 16.8 Å². The highest BCUT2D eigenvalue weighted by Gasteiger charge is 2.39. The van der Waals surface area contributed by atoms with Gasteiger partial charge in [0.2, 0.25) is 0 Å². The van der Waals surface area contributed by atoms with Gasteiger partial charge in [0.1, 0.15) is 5.82 Å². The highest BCUT2D eigenvalue weighted by Crippen LogP contribution is 2.38. The Balaban J connectivity index is 1.89. The second-order valence-corrected chi connectivity index (χ2v) is 8.62. The molecule has 0 radical (unpaired) electrons. The number of aromatic nitrogens is 1. The van der Waals surface area contributed by atoms with Gasteiger partial charge in [-0.3, -0.25) is 9.69 Å². The zero-order valence-corrected chi connectivity index (χ0v) is 20.5. The van der Waals surface area contributed by atoms with Gasteiger partial charge in [-0.05, 0) is 62.7 Å². The fourth-order valence-corrected chi connectivity index (χ4v) is 4.61. The molecule has 4 rings (SSSR count). The van der Waals surface area contributed by atoms with Crippen molar-refractivity contribution < 1.29 is 18.7 Å². The third-order valence-corrected chi connectivity index (χ3v) is 6.63. The largest absolute Gasteiger partial charge is 0.465 e. The third-order valence-electron chi connectivity index (χ3n) is 5.83. The van der Waals surface area contributed by atoms with E-state index in [4.69, 9.17) is 27.9 Å². The minimum absolute atomic E-state index is 0.0611. The molecule has 8 heteroatoms. The van der Waals surface area contributed by atoms with E-state index in [9.17, 15) is 14.0 Å². The minimum Gasteiger partial charge on any atom is -0.465 e. The van der Waals surface area contributed by atoms with E-state index < -0.39 is 17.7 Å². The van der Waals surface area contributed by atoms with Gasteiger partial charge in [-0.15, -0.1) is 0 Å². The monoisotopic (exact) mass is 498 g/mol. The number of allylic oxidation sites excluding steroid dienone is 1. The maximum absolute atomic E-state index is 14.6. The molecule has 1 amide bonds. The summed E-state index contributed by atoms with van der Waals surface area (Å²) in [7, 11) is 1.24. The van der Waals surface area contributed by atoms with Gasteiger partial charge in [0.25, 0.3) is 5.91 Å². The molecule has 2 aromatic carbocycles. The van der Waals surface area contributed by atoms with Crippen LogP contribution in [0.4, 0.5) is 10.1 Å². The lowest BCUT2D eigenvalue weighted by atomic mass is 10.0. The van der Waals surface area contributed by atoms with Crippen LogP contribution >= 0.6 is 23.2 Å². The highest BCUT2D eigenvalue weighted by atomic mass is 35.5. The van der Waals surface area contributed by atoms with E-state index in [0.717, 1.165) is 11.4 Å². The summed E-state index contributed by atoms with van der Waals surface area (Å²) in [4.78, 5) is 27.3. The number of esters is 1. The Kier molecular flexibility index (Phi) is 6.39. The number of benzene rings is 2. The molecule has 0 atom stereocenters. The van der Waals surface area contributed by atoms with Gasteiger partial charge in [-0.2, -0.15) is 0 Å². The number of hydrogen-bond donors (Lipinski definition) is 0. The van der Waals surface area contributed by atoms with Gasteiger partial charge in [0.05, 0.1) is 39.7 Å². The number of para-hydroxylation sites is 1. The predicted octanol–water partition coefficient (Wildman–Crippen LogP) is 6.42. The number of ether oxygens (including phenoxy) is 1. The van der Waals surface area contributed by atoms with Gasteiger partial charge in [0.15, 0.2) is 0 Å². The van der Waals surface area contributed by atoms with E-state index >= 15 is 0 Å². The van der Waals surface area contributed by atoms with Crippen LogP contribution < -0.4 is 4.90 Å². The zero-order valence-electron chi connectivity index (χ0n) is 18.9. The number of carbonyl (C=O) groups is 2. The van der Waals surface area contributed by atoms with Crippen molar-refractivity contribution in [2.45, 2.75) is 20.8 Å². The van der Waals surface area contributed by atoms with Crippen molar-refractivity contribution >= 4 is 46.8 Å². The second kappa shape index (κ2) is 9.12. The van der Waals surface area contributed by atoms with Gasteiger partial charge >= 0.3 is 5.97 Å². The van der Waals surface area contributed by atoms with Crippen LogP contribution in [0.5, 0.6) is 0 Å². The Morgan fingerprint density at radius 1 is 1.03 bits per heavy atom.